The van der Waals surface area contributed by atoms with Gasteiger partial charge in [0, 0.05) is 12.6 Å². The van der Waals surface area contributed by atoms with Crippen molar-refractivity contribution >= 4 is 11.7 Å². The van der Waals surface area contributed by atoms with Crippen molar-refractivity contribution in [1.29, 1.82) is 0 Å². The number of carbonyl (C=O) groups is 1. The average molecular weight is 273 g/mol. The van der Waals surface area contributed by atoms with Crippen LogP contribution < -0.4 is 10.1 Å². The summed E-state index contributed by atoms with van der Waals surface area (Å²) in [5.74, 6) is -1.28. The molecular formula is C12H16FNO5. The van der Waals surface area contributed by atoms with Gasteiger partial charge < -0.3 is 25.0 Å². The molecule has 1 aromatic carbocycles. The van der Waals surface area contributed by atoms with Crippen LogP contribution in [0.1, 0.15) is 10.4 Å². The number of carbonyl (C=O) groups excluding carboxylic acids is 1. The molecule has 0 heterocycles. The molecule has 1 atom stereocenters. The number of ether oxygens (including phenoxy) is 2. The highest BCUT2D eigenvalue weighted by Gasteiger charge is 2.19. The molecule has 0 spiro atoms. The zero-order valence-electron chi connectivity index (χ0n) is 10.6. The van der Waals surface area contributed by atoms with E-state index in [4.69, 9.17) is 9.84 Å². The Morgan fingerprint density at radius 2 is 2.16 bits per heavy atom. The fourth-order valence-electron chi connectivity index (χ4n) is 1.48. The number of halogens is 1. The normalized spacial score (nSPS) is 11.8. The van der Waals surface area contributed by atoms with Gasteiger partial charge in [0.2, 0.25) is 0 Å². The minimum Gasteiger partial charge on any atom is -0.494 e. The number of nitrogens with one attached hydrogen (secondary N) is 1. The van der Waals surface area contributed by atoms with E-state index in [1.807, 2.05) is 0 Å². The number of hydrogen-bond donors (Lipinski definition) is 3. The maximum Gasteiger partial charge on any atom is 0.340 e. The fourth-order valence-corrected chi connectivity index (χ4v) is 1.48. The Kier molecular flexibility index (Phi) is 5.53. The Hall–Kier alpha value is -1.86. The zero-order chi connectivity index (χ0) is 14.4. The van der Waals surface area contributed by atoms with Crippen LogP contribution in [0.5, 0.6) is 5.75 Å². The van der Waals surface area contributed by atoms with Gasteiger partial charge in [0.05, 0.1) is 38.2 Å². The molecule has 7 heteroatoms. The Balaban J connectivity index is 3.13. The minimum atomic E-state index is -1.01. The van der Waals surface area contributed by atoms with Gasteiger partial charge in [-0.2, -0.15) is 0 Å². The standard InChI is InChI=1S/C12H16FNO5/c1-18-10-4-7(13)3-9(12(17)19-2)11(10)14-5-8(16)6-15/h3-4,8,14-16H,5-6H2,1-2H3. The molecule has 1 unspecified atom stereocenters. The van der Waals surface area contributed by atoms with Crippen molar-refractivity contribution in [3.05, 3.63) is 23.5 Å². The lowest BCUT2D eigenvalue weighted by Gasteiger charge is -2.16. The van der Waals surface area contributed by atoms with E-state index in [1.165, 1.54) is 14.2 Å². The summed E-state index contributed by atoms with van der Waals surface area (Å²) in [6.45, 7) is -0.466. The van der Waals surface area contributed by atoms with Crippen LogP contribution in [0.3, 0.4) is 0 Å². The van der Waals surface area contributed by atoms with E-state index in [0.717, 1.165) is 12.1 Å². The first-order valence-corrected chi connectivity index (χ1v) is 5.52. The highest BCUT2D eigenvalue weighted by Crippen LogP contribution is 2.30. The van der Waals surface area contributed by atoms with Gasteiger partial charge in [-0.15, -0.1) is 0 Å². The van der Waals surface area contributed by atoms with Crippen LogP contribution in [0.4, 0.5) is 10.1 Å². The minimum absolute atomic E-state index is 0.0253. The molecule has 0 amide bonds. The Bertz CT molecular complexity index is 452. The summed E-state index contributed by atoms with van der Waals surface area (Å²) in [6, 6.07) is 2.10. The summed E-state index contributed by atoms with van der Waals surface area (Å²) in [5, 5.41) is 20.7. The van der Waals surface area contributed by atoms with E-state index in [2.05, 4.69) is 10.1 Å². The predicted molar refractivity (Wildman–Crippen MR) is 65.9 cm³/mol. The van der Waals surface area contributed by atoms with Crippen LogP contribution in [-0.2, 0) is 4.74 Å². The van der Waals surface area contributed by atoms with Crippen LogP contribution in [0.25, 0.3) is 0 Å². The largest absolute Gasteiger partial charge is 0.494 e. The molecule has 0 fully saturated rings. The molecule has 106 valence electrons. The van der Waals surface area contributed by atoms with E-state index in [9.17, 15) is 14.3 Å². The number of hydrogen-bond acceptors (Lipinski definition) is 6. The first kappa shape index (κ1) is 15.2. The molecule has 0 saturated carbocycles. The second-order valence-electron chi connectivity index (χ2n) is 3.74. The lowest BCUT2D eigenvalue weighted by atomic mass is 10.1. The maximum absolute atomic E-state index is 13.4. The summed E-state index contributed by atoms with van der Waals surface area (Å²) in [5.41, 5.74) is 0.146. The highest BCUT2D eigenvalue weighted by molar-refractivity contribution is 5.97. The van der Waals surface area contributed by atoms with Gasteiger partial charge in [-0.25, -0.2) is 9.18 Å². The molecule has 0 saturated heterocycles. The van der Waals surface area contributed by atoms with E-state index in [-0.39, 0.29) is 23.5 Å². The number of rotatable bonds is 6. The van der Waals surface area contributed by atoms with Crippen LogP contribution in [0, 0.1) is 5.82 Å². The van der Waals surface area contributed by atoms with E-state index in [0.29, 0.717) is 0 Å². The van der Waals surface area contributed by atoms with Gasteiger partial charge in [0.25, 0.3) is 0 Å². The number of benzene rings is 1. The molecule has 0 aromatic heterocycles. The van der Waals surface area contributed by atoms with Crippen LogP contribution in [0.2, 0.25) is 0 Å². The summed E-state index contributed by atoms with van der Waals surface area (Å²) >= 11 is 0. The molecular weight excluding hydrogens is 257 g/mol. The average Bonchev–Trinajstić information content (AvgIpc) is 2.43. The van der Waals surface area contributed by atoms with Crippen molar-refractivity contribution in [3.63, 3.8) is 0 Å². The van der Waals surface area contributed by atoms with E-state index in [1.54, 1.807) is 0 Å². The Morgan fingerprint density at radius 3 is 2.68 bits per heavy atom. The molecule has 3 N–H and O–H groups in total. The molecule has 0 bridgehead atoms. The van der Waals surface area contributed by atoms with Gasteiger partial charge in [-0.05, 0) is 6.07 Å². The number of methoxy groups -OCH3 is 2. The van der Waals surface area contributed by atoms with Crippen LogP contribution in [-0.4, -0.2) is 49.7 Å². The number of aliphatic hydroxyl groups is 2. The number of anilines is 1. The molecule has 0 aliphatic heterocycles. The monoisotopic (exact) mass is 273 g/mol. The zero-order valence-corrected chi connectivity index (χ0v) is 10.6. The molecule has 1 aromatic rings. The van der Waals surface area contributed by atoms with Gasteiger partial charge in [0.15, 0.2) is 0 Å². The van der Waals surface area contributed by atoms with E-state index < -0.39 is 24.5 Å². The van der Waals surface area contributed by atoms with Crippen molar-refractivity contribution in [2.24, 2.45) is 0 Å². The number of esters is 1. The van der Waals surface area contributed by atoms with Crippen molar-refractivity contribution in [1.82, 2.24) is 0 Å². The second-order valence-corrected chi connectivity index (χ2v) is 3.74. The van der Waals surface area contributed by atoms with E-state index >= 15 is 0 Å². The third-order valence-electron chi connectivity index (χ3n) is 2.42. The highest BCUT2D eigenvalue weighted by atomic mass is 19.1. The molecule has 0 radical (unpaired) electrons. The first-order chi connectivity index (χ1) is 9.03. The maximum atomic E-state index is 13.4. The molecule has 0 aliphatic carbocycles. The SMILES string of the molecule is COC(=O)c1cc(F)cc(OC)c1NCC(O)CO. The Labute approximate surface area is 109 Å². The molecule has 1 rings (SSSR count). The third-order valence-corrected chi connectivity index (χ3v) is 2.42. The lowest BCUT2D eigenvalue weighted by molar-refractivity contribution is 0.0600. The third kappa shape index (κ3) is 3.80. The van der Waals surface area contributed by atoms with Gasteiger partial charge >= 0.3 is 5.97 Å². The van der Waals surface area contributed by atoms with Gasteiger partial charge in [-0.3, -0.25) is 0 Å². The first-order valence-electron chi connectivity index (χ1n) is 5.52. The topological polar surface area (TPSA) is 88.0 Å². The van der Waals surface area contributed by atoms with Crippen LogP contribution >= 0.6 is 0 Å². The second kappa shape index (κ2) is 6.91. The van der Waals surface area contributed by atoms with Crippen molar-refractivity contribution in [3.8, 4) is 5.75 Å². The smallest absolute Gasteiger partial charge is 0.340 e. The summed E-state index contributed by atoms with van der Waals surface area (Å²) in [4.78, 5) is 11.6. The van der Waals surface area contributed by atoms with Crippen molar-refractivity contribution in [2.75, 3.05) is 32.7 Å². The lowest BCUT2D eigenvalue weighted by Crippen LogP contribution is -2.24. The molecule has 19 heavy (non-hydrogen) atoms. The fraction of sp³-hybridized carbons (Fsp3) is 0.417. The van der Waals surface area contributed by atoms with Crippen molar-refractivity contribution in [2.45, 2.75) is 6.10 Å². The van der Waals surface area contributed by atoms with Crippen LogP contribution in [0.15, 0.2) is 12.1 Å². The van der Waals surface area contributed by atoms with Crippen molar-refractivity contribution < 1.29 is 28.9 Å². The summed E-state index contributed by atoms with van der Waals surface area (Å²) in [6.07, 6.45) is -1.01. The Morgan fingerprint density at radius 1 is 1.47 bits per heavy atom. The quantitative estimate of drug-likeness (QED) is 0.650. The summed E-state index contributed by atoms with van der Waals surface area (Å²) in [7, 11) is 2.50. The van der Waals surface area contributed by atoms with Gasteiger partial charge in [-0.1, -0.05) is 0 Å². The van der Waals surface area contributed by atoms with Gasteiger partial charge in [0.1, 0.15) is 11.6 Å². The number of aliphatic hydroxyl groups excluding tert-OH is 2. The molecule has 6 nitrogen and oxygen atoms in total. The summed E-state index contributed by atoms with van der Waals surface area (Å²) < 4.78 is 22.9. The predicted octanol–water partition coefficient (Wildman–Crippen LogP) is 0.386. The molecule has 0 aliphatic rings.